The van der Waals surface area contributed by atoms with Gasteiger partial charge in [-0.25, -0.2) is 9.78 Å². The summed E-state index contributed by atoms with van der Waals surface area (Å²) in [7, 11) is 1.81. The first-order valence-electron chi connectivity index (χ1n) is 11.3. The van der Waals surface area contributed by atoms with E-state index in [2.05, 4.69) is 10.4 Å². The predicted octanol–water partition coefficient (Wildman–Crippen LogP) is 4.09. The van der Waals surface area contributed by atoms with Crippen LogP contribution in [0.2, 0.25) is 0 Å². The van der Waals surface area contributed by atoms with Crippen molar-refractivity contribution < 1.29 is 24.2 Å². The van der Waals surface area contributed by atoms with E-state index in [1.807, 2.05) is 46.9 Å². The molecule has 180 valence electrons. The van der Waals surface area contributed by atoms with Crippen LogP contribution >= 0.6 is 0 Å². The zero-order chi connectivity index (χ0) is 24.2. The van der Waals surface area contributed by atoms with Gasteiger partial charge in [-0.05, 0) is 50.2 Å². The van der Waals surface area contributed by atoms with Crippen molar-refractivity contribution in [2.24, 2.45) is 18.4 Å². The molecule has 0 bridgehead atoms. The molecule has 0 aliphatic heterocycles. The average molecular weight is 459 g/mol. The number of carboxylic acid groups (broad SMARTS) is 1. The van der Waals surface area contributed by atoms with E-state index < -0.39 is 12.1 Å². The molecule has 1 unspecified atom stereocenters. The summed E-state index contributed by atoms with van der Waals surface area (Å²) < 4.78 is 13.1. The van der Waals surface area contributed by atoms with Crippen molar-refractivity contribution in [3.05, 3.63) is 29.7 Å². The standard InChI is InChI=1S/C24H34N4O5/c1-15-21(33-17-8-6-7-16(11-17)22(29)30)10-9-19(27-15)18-12-26-28(5)20(18)13-25-23(31)32-14-24(2,3)4/h9-10,12,16-17H,6-8,11,13-14H2,1-5H3,(H,25,31)(H,29,30)/t16?,17-/m0/s1. The van der Waals surface area contributed by atoms with Crippen molar-refractivity contribution in [2.45, 2.75) is 66.0 Å². The van der Waals surface area contributed by atoms with Crippen LogP contribution in [0.3, 0.4) is 0 Å². The van der Waals surface area contributed by atoms with E-state index in [1.165, 1.54) is 0 Å². The van der Waals surface area contributed by atoms with Crippen molar-refractivity contribution in [2.75, 3.05) is 6.61 Å². The highest BCUT2D eigenvalue weighted by atomic mass is 16.5. The Balaban J connectivity index is 1.67. The Kier molecular flexibility index (Phi) is 7.61. The number of alkyl carbamates (subject to hydrolysis) is 1. The van der Waals surface area contributed by atoms with Gasteiger partial charge in [-0.2, -0.15) is 5.10 Å². The largest absolute Gasteiger partial charge is 0.489 e. The van der Waals surface area contributed by atoms with Crippen LogP contribution in [0.5, 0.6) is 5.75 Å². The second kappa shape index (κ2) is 10.2. The predicted molar refractivity (Wildman–Crippen MR) is 123 cm³/mol. The Morgan fingerprint density at radius 2 is 2.03 bits per heavy atom. The quantitative estimate of drug-likeness (QED) is 0.642. The fraction of sp³-hybridized carbons (Fsp3) is 0.583. The minimum absolute atomic E-state index is 0.105. The van der Waals surface area contributed by atoms with Crippen LogP contribution in [0.4, 0.5) is 4.79 Å². The normalized spacial score (nSPS) is 18.6. The highest BCUT2D eigenvalue weighted by molar-refractivity contribution is 5.70. The van der Waals surface area contributed by atoms with Crippen LogP contribution in [0.25, 0.3) is 11.3 Å². The SMILES string of the molecule is Cc1nc(-c2cnn(C)c2CNC(=O)OCC(C)(C)C)ccc1O[C@H]1CCCC(C(=O)O)C1. The Bertz CT molecular complexity index is 995. The Labute approximate surface area is 194 Å². The maximum absolute atomic E-state index is 12.1. The molecule has 0 saturated heterocycles. The summed E-state index contributed by atoms with van der Waals surface area (Å²) in [5, 5.41) is 16.4. The van der Waals surface area contributed by atoms with Gasteiger partial charge in [0.05, 0.1) is 48.5 Å². The zero-order valence-electron chi connectivity index (χ0n) is 20.1. The molecule has 33 heavy (non-hydrogen) atoms. The number of hydrogen-bond acceptors (Lipinski definition) is 6. The van der Waals surface area contributed by atoms with Crippen molar-refractivity contribution in [1.29, 1.82) is 0 Å². The molecule has 1 amide bonds. The number of pyridine rings is 1. The van der Waals surface area contributed by atoms with Crippen molar-refractivity contribution in [3.8, 4) is 17.0 Å². The molecular weight excluding hydrogens is 424 g/mol. The second-order valence-corrected chi connectivity index (χ2v) is 9.84. The molecule has 2 N–H and O–H groups in total. The number of amides is 1. The molecule has 2 heterocycles. The number of aromatic nitrogens is 3. The smallest absolute Gasteiger partial charge is 0.407 e. The Morgan fingerprint density at radius 1 is 1.27 bits per heavy atom. The summed E-state index contributed by atoms with van der Waals surface area (Å²) in [5.41, 5.74) is 2.95. The molecule has 1 saturated carbocycles. The first-order chi connectivity index (χ1) is 15.5. The first kappa shape index (κ1) is 24.5. The van der Waals surface area contributed by atoms with Gasteiger partial charge < -0.3 is 19.9 Å². The number of rotatable bonds is 7. The number of carbonyl (C=O) groups is 2. The van der Waals surface area contributed by atoms with Gasteiger partial charge in [-0.1, -0.05) is 20.8 Å². The summed E-state index contributed by atoms with van der Waals surface area (Å²) in [6, 6.07) is 3.72. The lowest BCUT2D eigenvalue weighted by Crippen LogP contribution is -2.29. The van der Waals surface area contributed by atoms with Crippen LogP contribution < -0.4 is 10.1 Å². The molecule has 3 rings (SSSR count). The number of ether oxygens (including phenoxy) is 2. The highest BCUT2D eigenvalue weighted by Gasteiger charge is 2.28. The van der Waals surface area contributed by atoms with Gasteiger partial charge in [0.25, 0.3) is 0 Å². The third-order valence-corrected chi connectivity index (χ3v) is 5.68. The number of nitrogens with zero attached hydrogens (tertiary/aromatic N) is 3. The number of carboxylic acids is 1. The molecule has 2 aromatic rings. The van der Waals surface area contributed by atoms with E-state index in [9.17, 15) is 14.7 Å². The van der Waals surface area contributed by atoms with Gasteiger partial charge in [0.2, 0.25) is 0 Å². The Morgan fingerprint density at radius 3 is 2.70 bits per heavy atom. The van der Waals surface area contributed by atoms with Gasteiger partial charge in [0, 0.05) is 12.6 Å². The molecular formula is C24H34N4O5. The van der Waals surface area contributed by atoms with E-state index in [0.717, 1.165) is 35.5 Å². The van der Waals surface area contributed by atoms with Crippen molar-refractivity contribution in [1.82, 2.24) is 20.1 Å². The summed E-state index contributed by atoms with van der Waals surface area (Å²) >= 11 is 0. The molecule has 1 aliphatic rings. The first-order valence-corrected chi connectivity index (χ1v) is 11.3. The molecule has 0 aromatic carbocycles. The Hall–Kier alpha value is -3.10. The maximum atomic E-state index is 12.1. The lowest BCUT2D eigenvalue weighted by atomic mass is 9.87. The van der Waals surface area contributed by atoms with Crippen LogP contribution in [-0.4, -0.2) is 44.6 Å². The van der Waals surface area contributed by atoms with E-state index in [-0.39, 0.29) is 24.0 Å². The van der Waals surface area contributed by atoms with Crippen LogP contribution in [0.1, 0.15) is 57.8 Å². The van der Waals surface area contributed by atoms with E-state index >= 15 is 0 Å². The number of aryl methyl sites for hydroxylation is 2. The average Bonchev–Trinajstić information content (AvgIpc) is 3.12. The van der Waals surface area contributed by atoms with Gasteiger partial charge >= 0.3 is 12.1 Å². The fourth-order valence-corrected chi connectivity index (χ4v) is 3.85. The molecule has 9 heteroatoms. The molecule has 1 aliphatic carbocycles. The topological polar surface area (TPSA) is 116 Å². The van der Waals surface area contributed by atoms with Crippen LogP contribution in [0, 0.1) is 18.3 Å². The van der Waals surface area contributed by atoms with E-state index in [0.29, 0.717) is 25.2 Å². The van der Waals surface area contributed by atoms with Gasteiger partial charge in [-0.15, -0.1) is 0 Å². The van der Waals surface area contributed by atoms with Crippen molar-refractivity contribution >= 4 is 12.1 Å². The molecule has 2 aromatic heterocycles. The molecule has 0 radical (unpaired) electrons. The number of aliphatic carboxylic acids is 1. The van der Waals surface area contributed by atoms with Gasteiger partial charge in [0.1, 0.15) is 5.75 Å². The maximum Gasteiger partial charge on any atom is 0.407 e. The lowest BCUT2D eigenvalue weighted by Gasteiger charge is -2.27. The van der Waals surface area contributed by atoms with Crippen LogP contribution in [0.15, 0.2) is 18.3 Å². The summed E-state index contributed by atoms with van der Waals surface area (Å²) in [6.45, 7) is 8.45. The number of carbonyl (C=O) groups excluding carboxylic acids is 1. The van der Waals surface area contributed by atoms with E-state index in [4.69, 9.17) is 14.5 Å². The molecule has 2 atom stereocenters. The van der Waals surface area contributed by atoms with Crippen molar-refractivity contribution in [3.63, 3.8) is 0 Å². The highest BCUT2D eigenvalue weighted by Crippen LogP contribution is 2.31. The number of hydrogen-bond donors (Lipinski definition) is 2. The summed E-state index contributed by atoms with van der Waals surface area (Å²) in [5.74, 6) is -0.450. The molecule has 0 spiro atoms. The van der Waals surface area contributed by atoms with Gasteiger partial charge in [0.15, 0.2) is 0 Å². The minimum atomic E-state index is -0.756. The number of nitrogens with one attached hydrogen (secondary N) is 1. The van der Waals surface area contributed by atoms with Crippen LogP contribution in [-0.2, 0) is 23.1 Å². The third-order valence-electron chi connectivity index (χ3n) is 5.68. The zero-order valence-corrected chi connectivity index (χ0v) is 20.1. The third kappa shape index (κ3) is 6.69. The molecule has 9 nitrogen and oxygen atoms in total. The van der Waals surface area contributed by atoms with Gasteiger partial charge in [-0.3, -0.25) is 9.48 Å². The monoisotopic (exact) mass is 458 g/mol. The molecule has 1 fully saturated rings. The van der Waals surface area contributed by atoms with E-state index in [1.54, 1.807) is 10.9 Å². The summed E-state index contributed by atoms with van der Waals surface area (Å²) in [4.78, 5) is 28.1. The lowest BCUT2D eigenvalue weighted by molar-refractivity contribution is -0.143. The fourth-order valence-electron chi connectivity index (χ4n) is 3.85. The minimum Gasteiger partial charge on any atom is -0.489 e. The summed E-state index contributed by atoms with van der Waals surface area (Å²) in [6.07, 6.45) is 4.03. The second-order valence-electron chi connectivity index (χ2n) is 9.84.